The Bertz CT molecular complexity index is 139. The molecule has 0 aromatic carbocycles. The van der Waals surface area contributed by atoms with Gasteiger partial charge in [0, 0.05) is 0 Å². The van der Waals surface area contributed by atoms with Crippen molar-refractivity contribution >= 4 is 0 Å². The zero-order chi connectivity index (χ0) is 12.4. The number of unbranched alkanes of at least 4 members (excludes halogenated alkanes) is 1. The Morgan fingerprint density at radius 3 is 1.69 bits per heavy atom. The topological polar surface area (TPSA) is 0 Å². The van der Waals surface area contributed by atoms with Crippen molar-refractivity contribution in [1.29, 1.82) is 0 Å². The van der Waals surface area contributed by atoms with Crippen LogP contribution in [0.3, 0.4) is 0 Å². The van der Waals surface area contributed by atoms with Gasteiger partial charge in [-0.3, -0.25) is 0 Å². The summed E-state index contributed by atoms with van der Waals surface area (Å²) in [7, 11) is 0. The molecule has 0 aliphatic carbocycles. The van der Waals surface area contributed by atoms with Crippen molar-refractivity contribution in [2.75, 3.05) is 0 Å². The fraction of sp³-hybridized carbons (Fsp3) is 1.00. The van der Waals surface area contributed by atoms with Crippen LogP contribution in [0.15, 0.2) is 0 Å². The minimum absolute atomic E-state index is 0.939. The van der Waals surface area contributed by atoms with E-state index in [-0.39, 0.29) is 0 Å². The largest absolute Gasteiger partial charge is 0.0654 e. The van der Waals surface area contributed by atoms with Crippen molar-refractivity contribution in [3.63, 3.8) is 0 Å². The van der Waals surface area contributed by atoms with Gasteiger partial charge in [-0.2, -0.15) is 0 Å². The SMILES string of the molecule is CCCC(C)CC(C)CCCCC(C)CC. The fourth-order valence-electron chi connectivity index (χ4n) is 2.61. The maximum atomic E-state index is 2.44. The quantitative estimate of drug-likeness (QED) is 0.397. The molecule has 0 aliphatic heterocycles. The van der Waals surface area contributed by atoms with Gasteiger partial charge in [0.25, 0.3) is 0 Å². The molecular formula is C16H34. The molecule has 0 amide bonds. The van der Waals surface area contributed by atoms with Gasteiger partial charge in [0.2, 0.25) is 0 Å². The Labute approximate surface area is 104 Å². The van der Waals surface area contributed by atoms with Gasteiger partial charge in [-0.05, 0) is 24.2 Å². The molecule has 0 heteroatoms. The van der Waals surface area contributed by atoms with Gasteiger partial charge in [0.05, 0.1) is 0 Å². The van der Waals surface area contributed by atoms with Crippen molar-refractivity contribution in [2.24, 2.45) is 17.8 Å². The zero-order valence-electron chi connectivity index (χ0n) is 12.4. The smallest absolute Gasteiger partial charge is 0.0440 e. The molecule has 0 radical (unpaired) electrons. The van der Waals surface area contributed by atoms with Crippen LogP contribution >= 0.6 is 0 Å². The van der Waals surface area contributed by atoms with E-state index in [2.05, 4.69) is 34.6 Å². The predicted molar refractivity (Wildman–Crippen MR) is 75.8 cm³/mol. The van der Waals surface area contributed by atoms with Gasteiger partial charge in [-0.15, -0.1) is 0 Å². The third-order valence-corrected chi connectivity index (χ3v) is 3.93. The summed E-state index contributed by atoms with van der Waals surface area (Å²) in [6, 6.07) is 0. The molecule has 16 heavy (non-hydrogen) atoms. The van der Waals surface area contributed by atoms with E-state index in [9.17, 15) is 0 Å². The molecule has 0 saturated carbocycles. The number of hydrogen-bond donors (Lipinski definition) is 0. The first-order valence-electron chi connectivity index (χ1n) is 7.60. The third-order valence-electron chi connectivity index (χ3n) is 3.93. The van der Waals surface area contributed by atoms with Crippen molar-refractivity contribution in [1.82, 2.24) is 0 Å². The lowest BCUT2D eigenvalue weighted by Crippen LogP contribution is -2.03. The van der Waals surface area contributed by atoms with E-state index in [1.54, 1.807) is 0 Å². The average molecular weight is 226 g/mol. The first-order valence-corrected chi connectivity index (χ1v) is 7.60. The molecule has 0 aliphatic rings. The van der Waals surface area contributed by atoms with Crippen molar-refractivity contribution < 1.29 is 0 Å². The van der Waals surface area contributed by atoms with Crippen LogP contribution in [-0.2, 0) is 0 Å². The van der Waals surface area contributed by atoms with Gasteiger partial charge in [-0.1, -0.05) is 79.6 Å². The molecule has 0 heterocycles. The van der Waals surface area contributed by atoms with Crippen LogP contribution in [-0.4, -0.2) is 0 Å². The monoisotopic (exact) mass is 226 g/mol. The highest BCUT2D eigenvalue weighted by Gasteiger charge is 2.08. The minimum atomic E-state index is 0.939. The summed E-state index contributed by atoms with van der Waals surface area (Å²) in [6.45, 7) is 11.8. The minimum Gasteiger partial charge on any atom is -0.0654 e. The van der Waals surface area contributed by atoms with Crippen molar-refractivity contribution in [2.45, 2.75) is 86.0 Å². The molecule has 0 saturated heterocycles. The average Bonchev–Trinajstić information content (AvgIpc) is 2.24. The van der Waals surface area contributed by atoms with E-state index in [4.69, 9.17) is 0 Å². The third kappa shape index (κ3) is 9.24. The highest BCUT2D eigenvalue weighted by Crippen LogP contribution is 2.22. The Hall–Kier alpha value is 0. The predicted octanol–water partition coefficient (Wildman–Crippen LogP) is 6.06. The molecule has 98 valence electrons. The second-order valence-electron chi connectivity index (χ2n) is 6.03. The number of rotatable bonds is 10. The second kappa shape index (κ2) is 10.2. The van der Waals surface area contributed by atoms with Crippen LogP contribution in [0.4, 0.5) is 0 Å². The van der Waals surface area contributed by atoms with Gasteiger partial charge in [-0.25, -0.2) is 0 Å². The summed E-state index contributed by atoms with van der Waals surface area (Å²) in [6.07, 6.45) is 11.3. The first-order chi connectivity index (χ1) is 7.60. The Morgan fingerprint density at radius 2 is 1.19 bits per heavy atom. The van der Waals surface area contributed by atoms with Gasteiger partial charge in [0.15, 0.2) is 0 Å². The van der Waals surface area contributed by atoms with Gasteiger partial charge < -0.3 is 0 Å². The standard InChI is InChI=1S/C16H34/c1-6-10-15(4)13-16(5)12-9-8-11-14(3)7-2/h14-16H,6-13H2,1-5H3. The van der Waals surface area contributed by atoms with E-state index in [0.717, 1.165) is 17.8 Å². The maximum absolute atomic E-state index is 2.44. The van der Waals surface area contributed by atoms with E-state index in [1.807, 2.05) is 0 Å². The van der Waals surface area contributed by atoms with Crippen LogP contribution in [0.5, 0.6) is 0 Å². The highest BCUT2D eigenvalue weighted by molar-refractivity contribution is 4.60. The Morgan fingerprint density at radius 1 is 0.688 bits per heavy atom. The van der Waals surface area contributed by atoms with Crippen LogP contribution in [0.2, 0.25) is 0 Å². The molecule has 0 rings (SSSR count). The summed E-state index contributed by atoms with van der Waals surface area (Å²) >= 11 is 0. The van der Waals surface area contributed by atoms with Gasteiger partial charge in [0.1, 0.15) is 0 Å². The molecule has 0 N–H and O–H groups in total. The molecule has 3 unspecified atom stereocenters. The second-order valence-corrected chi connectivity index (χ2v) is 6.03. The highest BCUT2D eigenvalue weighted by atomic mass is 14.1. The maximum Gasteiger partial charge on any atom is -0.0440 e. The van der Waals surface area contributed by atoms with Crippen LogP contribution in [0, 0.1) is 17.8 Å². The van der Waals surface area contributed by atoms with Crippen LogP contribution in [0.25, 0.3) is 0 Å². The normalized spacial score (nSPS) is 17.1. The summed E-state index contributed by atoms with van der Waals surface area (Å²) in [4.78, 5) is 0. The lowest BCUT2D eigenvalue weighted by Gasteiger charge is -2.17. The first kappa shape index (κ1) is 16.0. The van der Waals surface area contributed by atoms with Gasteiger partial charge >= 0.3 is 0 Å². The lowest BCUT2D eigenvalue weighted by molar-refractivity contribution is 0.359. The van der Waals surface area contributed by atoms with E-state index in [0.29, 0.717) is 0 Å². The molecule has 3 atom stereocenters. The molecule has 0 aromatic heterocycles. The lowest BCUT2D eigenvalue weighted by atomic mass is 9.89. The van der Waals surface area contributed by atoms with Crippen molar-refractivity contribution in [3.05, 3.63) is 0 Å². The molecule has 0 bridgehead atoms. The zero-order valence-corrected chi connectivity index (χ0v) is 12.4. The Balaban J connectivity index is 3.39. The Kier molecular flexibility index (Phi) is 10.2. The number of hydrogen-bond acceptors (Lipinski definition) is 0. The van der Waals surface area contributed by atoms with Crippen molar-refractivity contribution in [3.8, 4) is 0 Å². The fourth-order valence-corrected chi connectivity index (χ4v) is 2.61. The summed E-state index contributed by atoms with van der Waals surface area (Å²) < 4.78 is 0. The molecule has 0 fully saturated rings. The molecule has 0 aromatic rings. The van der Waals surface area contributed by atoms with E-state index < -0.39 is 0 Å². The summed E-state index contributed by atoms with van der Waals surface area (Å²) in [5, 5.41) is 0. The molecule has 0 nitrogen and oxygen atoms in total. The molecule has 0 spiro atoms. The summed E-state index contributed by atoms with van der Waals surface area (Å²) in [5.41, 5.74) is 0. The molecular weight excluding hydrogens is 192 g/mol. The van der Waals surface area contributed by atoms with Crippen LogP contribution in [0.1, 0.15) is 86.0 Å². The summed E-state index contributed by atoms with van der Waals surface area (Å²) in [5.74, 6) is 2.82. The van der Waals surface area contributed by atoms with E-state index in [1.165, 1.54) is 51.4 Å². The van der Waals surface area contributed by atoms with E-state index >= 15 is 0 Å². The van der Waals surface area contributed by atoms with Crippen LogP contribution < -0.4 is 0 Å².